The van der Waals surface area contributed by atoms with Gasteiger partial charge < -0.3 is 10.4 Å². The van der Waals surface area contributed by atoms with Crippen molar-refractivity contribution in [2.75, 3.05) is 0 Å². The first-order valence-electron chi connectivity index (χ1n) is 5.27. The SMILES string of the molecule is CCC(=O)C(C)NC(=O)c1ccc(O)c(Cl)c1. The Labute approximate surface area is 105 Å². The maximum Gasteiger partial charge on any atom is 0.251 e. The first-order chi connectivity index (χ1) is 7.95. The highest BCUT2D eigenvalue weighted by Gasteiger charge is 2.15. The number of halogens is 1. The van der Waals surface area contributed by atoms with E-state index in [0.29, 0.717) is 12.0 Å². The molecule has 1 aromatic rings. The smallest absolute Gasteiger partial charge is 0.251 e. The van der Waals surface area contributed by atoms with Gasteiger partial charge in [0.05, 0.1) is 11.1 Å². The standard InChI is InChI=1S/C12H14ClNO3/c1-3-10(15)7(2)14-12(17)8-4-5-11(16)9(13)6-8/h4-7,16H,3H2,1-2H3,(H,14,17). The number of phenolic OH excluding ortho intramolecular Hbond substituents is 1. The Morgan fingerprint density at radius 2 is 2.12 bits per heavy atom. The van der Waals surface area contributed by atoms with Gasteiger partial charge in [0.2, 0.25) is 0 Å². The van der Waals surface area contributed by atoms with Crippen LogP contribution in [0.2, 0.25) is 5.02 Å². The van der Waals surface area contributed by atoms with Gasteiger partial charge in [-0.25, -0.2) is 0 Å². The van der Waals surface area contributed by atoms with E-state index >= 15 is 0 Å². The lowest BCUT2D eigenvalue weighted by Gasteiger charge is -2.12. The number of amides is 1. The van der Waals surface area contributed by atoms with Crippen LogP contribution < -0.4 is 5.32 Å². The normalized spacial score (nSPS) is 11.9. The molecule has 1 unspecified atom stereocenters. The van der Waals surface area contributed by atoms with Crippen molar-refractivity contribution in [3.8, 4) is 5.75 Å². The molecule has 0 saturated heterocycles. The van der Waals surface area contributed by atoms with Gasteiger partial charge in [-0.3, -0.25) is 9.59 Å². The maximum absolute atomic E-state index is 11.7. The average molecular weight is 256 g/mol. The first kappa shape index (κ1) is 13.5. The van der Waals surface area contributed by atoms with E-state index in [0.717, 1.165) is 0 Å². The van der Waals surface area contributed by atoms with Crippen LogP contribution in [0.3, 0.4) is 0 Å². The van der Waals surface area contributed by atoms with Gasteiger partial charge in [0, 0.05) is 12.0 Å². The average Bonchev–Trinajstić information content (AvgIpc) is 2.31. The lowest BCUT2D eigenvalue weighted by molar-refractivity contribution is -0.120. The molecule has 0 spiro atoms. The Kier molecular flexibility index (Phi) is 4.52. The van der Waals surface area contributed by atoms with Crippen LogP contribution in [0, 0.1) is 0 Å². The quantitative estimate of drug-likeness (QED) is 0.866. The van der Waals surface area contributed by atoms with Crippen LogP contribution in [-0.4, -0.2) is 22.8 Å². The van der Waals surface area contributed by atoms with Crippen LogP contribution in [0.5, 0.6) is 5.75 Å². The summed E-state index contributed by atoms with van der Waals surface area (Å²) in [5.41, 5.74) is 0.309. The predicted molar refractivity (Wildman–Crippen MR) is 65.3 cm³/mol. The van der Waals surface area contributed by atoms with Crippen LogP contribution in [0.25, 0.3) is 0 Å². The summed E-state index contributed by atoms with van der Waals surface area (Å²) in [4.78, 5) is 23.1. The second-order valence-electron chi connectivity index (χ2n) is 3.68. The van der Waals surface area contributed by atoms with E-state index in [1.807, 2.05) is 0 Å². The molecule has 0 aliphatic carbocycles. The number of carbonyl (C=O) groups is 2. The maximum atomic E-state index is 11.7. The molecule has 0 aromatic heterocycles. The van der Waals surface area contributed by atoms with E-state index in [-0.39, 0.29) is 22.5 Å². The number of ketones is 1. The molecule has 0 aliphatic heterocycles. The van der Waals surface area contributed by atoms with Gasteiger partial charge in [0.1, 0.15) is 5.75 Å². The van der Waals surface area contributed by atoms with Gasteiger partial charge in [-0.15, -0.1) is 0 Å². The Balaban J connectivity index is 2.76. The third kappa shape index (κ3) is 3.46. The number of carbonyl (C=O) groups excluding carboxylic acids is 2. The number of hydrogen-bond acceptors (Lipinski definition) is 3. The monoisotopic (exact) mass is 255 g/mol. The minimum atomic E-state index is -0.528. The van der Waals surface area contributed by atoms with E-state index in [1.54, 1.807) is 13.8 Å². The molecule has 4 nitrogen and oxygen atoms in total. The van der Waals surface area contributed by atoms with Gasteiger partial charge in [-0.05, 0) is 25.1 Å². The summed E-state index contributed by atoms with van der Waals surface area (Å²) in [5.74, 6) is -0.509. The number of aromatic hydroxyl groups is 1. The molecule has 0 bridgehead atoms. The predicted octanol–water partition coefficient (Wildman–Crippen LogP) is 2.14. The fourth-order valence-electron chi connectivity index (χ4n) is 1.31. The van der Waals surface area contributed by atoms with E-state index in [2.05, 4.69) is 5.32 Å². The molecule has 0 heterocycles. The van der Waals surface area contributed by atoms with Crippen LogP contribution in [0.1, 0.15) is 30.6 Å². The topological polar surface area (TPSA) is 66.4 Å². The van der Waals surface area contributed by atoms with E-state index in [1.165, 1.54) is 18.2 Å². The molecule has 1 amide bonds. The summed E-state index contributed by atoms with van der Waals surface area (Å²) in [6.07, 6.45) is 0.373. The van der Waals surface area contributed by atoms with Crippen LogP contribution in [0.15, 0.2) is 18.2 Å². The number of nitrogens with one attached hydrogen (secondary N) is 1. The van der Waals surface area contributed by atoms with Crippen LogP contribution >= 0.6 is 11.6 Å². The highest BCUT2D eigenvalue weighted by Crippen LogP contribution is 2.23. The molecule has 0 aliphatic rings. The van der Waals surface area contributed by atoms with Crippen molar-refractivity contribution in [3.05, 3.63) is 28.8 Å². The molecule has 17 heavy (non-hydrogen) atoms. The highest BCUT2D eigenvalue weighted by atomic mass is 35.5. The van der Waals surface area contributed by atoms with Crippen molar-refractivity contribution >= 4 is 23.3 Å². The zero-order valence-electron chi connectivity index (χ0n) is 9.66. The molecule has 2 N–H and O–H groups in total. The molecular weight excluding hydrogens is 242 g/mol. The lowest BCUT2D eigenvalue weighted by Crippen LogP contribution is -2.38. The minimum Gasteiger partial charge on any atom is -0.506 e. The first-order valence-corrected chi connectivity index (χ1v) is 5.65. The van der Waals surface area contributed by atoms with Crippen molar-refractivity contribution in [3.63, 3.8) is 0 Å². The molecule has 0 radical (unpaired) electrons. The fraction of sp³-hybridized carbons (Fsp3) is 0.333. The number of rotatable bonds is 4. The van der Waals surface area contributed by atoms with Crippen molar-refractivity contribution < 1.29 is 14.7 Å². The molecular formula is C12H14ClNO3. The summed E-state index contributed by atoms with van der Waals surface area (Å²) in [6.45, 7) is 3.37. The zero-order chi connectivity index (χ0) is 13.0. The second-order valence-corrected chi connectivity index (χ2v) is 4.09. The van der Waals surface area contributed by atoms with Crippen molar-refractivity contribution in [1.29, 1.82) is 0 Å². The van der Waals surface area contributed by atoms with Crippen molar-refractivity contribution in [2.24, 2.45) is 0 Å². The van der Waals surface area contributed by atoms with Crippen LogP contribution in [0.4, 0.5) is 0 Å². The summed E-state index contributed by atoms with van der Waals surface area (Å²) in [7, 11) is 0. The minimum absolute atomic E-state index is 0.0387. The van der Waals surface area contributed by atoms with Gasteiger partial charge in [0.25, 0.3) is 5.91 Å². The Morgan fingerprint density at radius 3 is 2.65 bits per heavy atom. The number of hydrogen-bond donors (Lipinski definition) is 2. The van der Waals surface area contributed by atoms with Crippen molar-refractivity contribution in [2.45, 2.75) is 26.3 Å². The number of Topliss-reactive ketones (excluding diaryl/α,β-unsaturated/α-hetero) is 1. The molecule has 1 atom stereocenters. The fourth-order valence-corrected chi connectivity index (χ4v) is 1.50. The number of benzene rings is 1. The Bertz CT molecular complexity index is 445. The number of phenols is 1. The molecule has 92 valence electrons. The molecule has 1 rings (SSSR count). The molecule has 0 saturated carbocycles. The largest absolute Gasteiger partial charge is 0.506 e. The van der Waals surface area contributed by atoms with Gasteiger partial charge in [-0.1, -0.05) is 18.5 Å². The zero-order valence-corrected chi connectivity index (χ0v) is 10.4. The molecule has 0 fully saturated rings. The van der Waals surface area contributed by atoms with E-state index in [9.17, 15) is 14.7 Å². The molecule has 1 aromatic carbocycles. The Hall–Kier alpha value is -1.55. The summed E-state index contributed by atoms with van der Waals surface area (Å²) in [5, 5.41) is 11.9. The third-order valence-corrected chi connectivity index (χ3v) is 2.69. The molecule has 5 heteroatoms. The van der Waals surface area contributed by atoms with E-state index in [4.69, 9.17) is 11.6 Å². The lowest BCUT2D eigenvalue weighted by atomic mass is 10.1. The summed E-state index contributed by atoms with van der Waals surface area (Å²) in [6, 6.07) is 3.61. The summed E-state index contributed by atoms with van der Waals surface area (Å²) >= 11 is 5.69. The Morgan fingerprint density at radius 1 is 1.47 bits per heavy atom. The highest BCUT2D eigenvalue weighted by molar-refractivity contribution is 6.32. The van der Waals surface area contributed by atoms with Crippen LogP contribution in [-0.2, 0) is 4.79 Å². The second kappa shape index (κ2) is 5.68. The summed E-state index contributed by atoms with van der Waals surface area (Å²) < 4.78 is 0. The van der Waals surface area contributed by atoms with Gasteiger partial charge >= 0.3 is 0 Å². The third-order valence-electron chi connectivity index (χ3n) is 2.39. The van der Waals surface area contributed by atoms with Gasteiger partial charge in [0.15, 0.2) is 5.78 Å². The van der Waals surface area contributed by atoms with E-state index < -0.39 is 6.04 Å². The van der Waals surface area contributed by atoms with Gasteiger partial charge in [-0.2, -0.15) is 0 Å². The van der Waals surface area contributed by atoms with Crippen molar-refractivity contribution in [1.82, 2.24) is 5.32 Å².